The smallest absolute Gasteiger partial charge is 0.183 e. The van der Waals surface area contributed by atoms with Crippen molar-refractivity contribution < 1.29 is 22.6 Å². The third-order valence-corrected chi connectivity index (χ3v) is 6.29. The Balaban J connectivity index is 1.60. The van der Waals surface area contributed by atoms with E-state index in [2.05, 4.69) is 0 Å². The summed E-state index contributed by atoms with van der Waals surface area (Å²) >= 11 is 6.16. The summed E-state index contributed by atoms with van der Waals surface area (Å²) in [6, 6.07) is 10.5. The molecule has 1 atom stereocenters. The summed E-state index contributed by atoms with van der Waals surface area (Å²) in [6.07, 6.45) is 0.147. The van der Waals surface area contributed by atoms with Crippen LogP contribution in [0.25, 0.3) is 0 Å². The van der Waals surface area contributed by atoms with E-state index in [9.17, 15) is 8.42 Å². The molecule has 0 saturated carbocycles. The van der Waals surface area contributed by atoms with Crippen LogP contribution in [0.3, 0.4) is 0 Å². The Hall–Kier alpha value is -1.92. The average Bonchev–Trinajstić information content (AvgIpc) is 2.95. The van der Waals surface area contributed by atoms with Gasteiger partial charge in [-0.25, -0.2) is 8.42 Å². The van der Waals surface area contributed by atoms with Crippen LogP contribution < -0.4 is 14.2 Å². The average molecular weight is 367 g/mol. The fourth-order valence-corrected chi connectivity index (χ4v) is 4.97. The Bertz CT molecular complexity index is 869. The van der Waals surface area contributed by atoms with Crippen LogP contribution in [0.2, 0.25) is 5.02 Å². The van der Waals surface area contributed by atoms with E-state index in [4.69, 9.17) is 25.8 Å². The van der Waals surface area contributed by atoms with Crippen molar-refractivity contribution in [1.29, 1.82) is 0 Å². The maximum absolute atomic E-state index is 12.8. The van der Waals surface area contributed by atoms with Gasteiger partial charge in [-0.2, -0.15) is 0 Å². The number of hydrogen-bond donors (Lipinski definition) is 0. The molecule has 1 unspecified atom stereocenters. The number of benzene rings is 2. The lowest BCUT2D eigenvalue weighted by atomic mass is 10.1. The third-order valence-electron chi connectivity index (χ3n) is 4.05. The second-order valence-electron chi connectivity index (χ2n) is 5.76. The van der Waals surface area contributed by atoms with Crippen LogP contribution in [0, 0.1) is 0 Å². The van der Waals surface area contributed by atoms with Crippen LogP contribution in [-0.2, 0) is 16.3 Å². The molecule has 0 fully saturated rings. The monoisotopic (exact) mass is 366 g/mol. The van der Waals surface area contributed by atoms with Crippen molar-refractivity contribution in [3.63, 3.8) is 0 Å². The first-order chi connectivity index (χ1) is 11.5. The minimum absolute atomic E-state index is 0.0490. The molecule has 0 spiro atoms. The molecule has 126 valence electrons. The van der Waals surface area contributed by atoms with Gasteiger partial charge in [-0.15, -0.1) is 0 Å². The van der Waals surface area contributed by atoms with E-state index in [0.717, 1.165) is 11.3 Å². The van der Waals surface area contributed by atoms with Crippen molar-refractivity contribution in [3.8, 4) is 17.2 Å². The van der Waals surface area contributed by atoms with Crippen LogP contribution in [0.5, 0.6) is 17.2 Å². The Kier molecular flexibility index (Phi) is 3.81. The lowest BCUT2D eigenvalue weighted by molar-refractivity contribution is 0.171. The van der Waals surface area contributed by atoms with E-state index < -0.39 is 15.9 Å². The van der Waals surface area contributed by atoms with Gasteiger partial charge in [0.1, 0.15) is 25.1 Å². The standard InChI is InChI=1S/C17H15ClO5S/c18-13-8-15-16(22-6-5-21-15)9-17(13)24(19,20)10-12-7-11-3-1-2-4-14(11)23-12/h1-4,8-9,12H,5-7,10H2. The molecule has 24 heavy (non-hydrogen) atoms. The second kappa shape index (κ2) is 5.86. The number of ether oxygens (including phenoxy) is 3. The fraction of sp³-hybridized carbons (Fsp3) is 0.294. The Morgan fingerprint density at radius 3 is 2.50 bits per heavy atom. The van der Waals surface area contributed by atoms with Gasteiger partial charge in [0.2, 0.25) is 0 Å². The van der Waals surface area contributed by atoms with Crippen molar-refractivity contribution >= 4 is 21.4 Å². The van der Waals surface area contributed by atoms with Crippen LogP contribution in [-0.4, -0.2) is 33.5 Å². The van der Waals surface area contributed by atoms with Crippen molar-refractivity contribution in [3.05, 3.63) is 47.0 Å². The number of halogens is 1. The first kappa shape index (κ1) is 15.6. The molecule has 2 aromatic rings. The van der Waals surface area contributed by atoms with E-state index in [-0.39, 0.29) is 15.7 Å². The van der Waals surface area contributed by atoms with Crippen LogP contribution >= 0.6 is 11.6 Å². The van der Waals surface area contributed by atoms with Gasteiger partial charge >= 0.3 is 0 Å². The molecule has 5 nitrogen and oxygen atoms in total. The maximum atomic E-state index is 12.8. The summed E-state index contributed by atoms with van der Waals surface area (Å²) in [5.74, 6) is 1.47. The zero-order valence-electron chi connectivity index (χ0n) is 12.7. The number of fused-ring (bicyclic) bond motifs is 2. The fourth-order valence-electron chi connectivity index (χ4n) is 2.97. The molecule has 2 heterocycles. The molecule has 0 amide bonds. The third kappa shape index (κ3) is 2.80. The SMILES string of the molecule is O=S(=O)(CC1Cc2ccccc2O1)c1cc2c(cc1Cl)OCCO2. The highest BCUT2D eigenvalue weighted by Gasteiger charge is 2.31. The Morgan fingerprint density at radius 2 is 1.75 bits per heavy atom. The first-order valence-electron chi connectivity index (χ1n) is 7.59. The van der Waals surface area contributed by atoms with E-state index in [1.165, 1.54) is 12.1 Å². The molecule has 2 aromatic carbocycles. The van der Waals surface area contributed by atoms with Gasteiger partial charge in [0.15, 0.2) is 21.3 Å². The molecule has 2 aliphatic heterocycles. The van der Waals surface area contributed by atoms with E-state index >= 15 is 0 Å². The molecule has 0 radical (unpaired) electrons. The van der Waals surface area contributed by atoms with E-state index in [1.54, 1.807) is 0 Å². The van der Waals surface area contributed by atoms with E-state index in [1.807, 2.05) is 24.3 Å². The molecule has 0 aliphatic carbocycles. The van der Waals surface area contributed by atoms with Gasteiger partial charge in [0.05, 0.1) is 15.7 Å². The van der Waals surface area contributed by atoms with Gasteiger partial charge in [-0.05, 0) is 11.6 Å². The zero-order chi connectivity index (χ0) is 16.7. The summed E-state index contributed by atoms with van der Waals surface area (Å²) < 4.78 is 42.2. The van der Waals surface area contributed by atoms with Crippen LogP contribution in [0.15, 0.2) is 41.3 Å². The molecule has 2 aliphatic rings. The molecule has 0 aromatic heterocycles. The Morgan fingerprint density at radius 1 is 1.04 bits per heavy atom. The number of sulfone groups is 1. The van der Waals surface area contributed by atoms with E-state index in [0.29, 0.717) is 31.1 Å². The minimum atomic E-state index is -3.62. The predicted octanol–water partition coefficient (Wildman–Crippen LogP) is 2.89. The highest BCUT2D eigenvalue weighted by molar-refractivity contribution is 7.91. The number of hydrogen-bond acceptors (Lipinski definition) is 5. The highest BCUT2D eigenvalue weighted by atomic mass is 35.5. The number of rotatable bonds is 3. The largest absolute Gasteiger partial charge is 0.489 e. The summed E-state index contributed by atoms with van der Waals surface area (Å²) in [6.45, 7) is 0.804. The minimum Gasteiger partial charge on any atom is -0.489 e. The quantitative estimate of drug-likeness (QED) is 0.835. The second-order valence-corrected chi connectivity index (χ2v) is 8.17. The van der Waals surface area contributed by atoms with Crippen molar-refractivity contribution in [1.82, 2.24) is 0 Å². The number of para-hydroxylation sites is 1. The molecular formula is C17H15ClO5S. The van der Waals surface area contributed by atoms with Crippen molar-refractivity contribution in [2.75, 3.05) is 19.0 Å². The maximum Gasteiger partial charge on any atom is 0.183 e. The van der Waals surface area contributed by atoms with Gasteiger partial charge < -0.3 is 14.2 Å². The molecule has 0 bridgehead atoms. The van der Waals surface area contributed by atoms with Crippen LogP contribution in [0.4, 0.5) is 0 Å². The molecule has 0 saturated heterocycles. The topological polar surface area (TPSA) is 61.8 Å². The lowest BCUT2D eigenvalue weighted by Gasteiger charge is -2.20. The molecule has 7 heteroatoms. The van der Waals surface area contributed by atoms with Gasteiger partial charge in [0.25, 0.3) is 0 Å². The Labute approximate surface area is 145 Å². The zero-order valence-corrected chi connectivity index (χ0v) is 14.3. The first-order valence-corrected chi connectivity index (χ1v) is 9.62. The normalized spacial score (nSPS) is 18.8. The molecule has 4 rings (SSSR count). The summed E-state index contributed by atoms with van der Waals surface area (Å²) in [5.41, 5.74) is 1.02. The van der Waals surface area contributed by atoms with Gasteiger partial charge in [0, 0.05) is 18.6 Å². The summed E-state index contributed by atoms with van der Waals surface area (Å²) in [4.78, 5) is 0.0490. The molecule has 0 N–H and O–H groups in total. The lowest BCUT2D eigenvalue weighted by Crippen LogP contribution is -2.25. The summed E-state index contributed by atoms with van der Waals surface area (Å²) in [7, 11) is -3.62. The highest BCUT2D eigenvalue weighted by Crippen LogP contribution is 2.38. The molecular weight excluding hydrogens is 352 g/mol. The predicted molar refractivity (Wildman–Crippen MR) is 89.1 cm³/mol. The summed E-state index contributed by atoms with van der Waals surface area (Å²) in [5, 5.41) is 0.134. The van der Waals surface area contributed by atoms with Gasteiger partial charge in [-0.1, -0.05) is 29.8 Å². The van der Waals surface area contributed by atoms with Crippen molar-refractivity contribution in [2.24, 2.45) is 0 Å². The van der Waals surface area contributed by atoms with Crippen LogP contribution in [0.1, 0.15) is 5.56 Å². The van der Waals surface area contributed by atoms with Crippen molar-refractivity contribution in [2.45, 2.75) is 17.4 Å². The van der Waals surface area contributed by atoms with Gasteiger partial charge in [-0.3, -0.25) is 0 Å².